The molecule has 3 aromatic carbocycles. The number of halogens is 3. The lowest BCUT2D eigenvalue weighted by molar-refractivity contribution is -0.118. The maximum absolute atomic E-state index is 12.3. The smallest absolute Gasteiger partial charge is 0.262 e. The first-order chi connectivity index (χ1) is 14.4. The average molecular weight is 462 g/mol. The number of hydrogen-bond acceptors (Lipinski definition) is 4. The van der Waals surface area contributed by atoms with Gasteiger partial charge in [0.25, 0.3) is 5.91 Å². The SMILES string of the molecule is Cc1ccccc1-c1nc2cc(NC(=O)COc3cc(Cl)c(Cl)cc3Cl)ccc2o1. The fourth-order valence-corrected chi connectivity index (χ4v) is 3.48. The highest BCUT2D eigenvalue weighted by Gasteiger charge is 2.13. The molecular formula is C22H15Cl3N2O3. The van der Waals surface area contributed by atoms with Crippen LogP contribution in [0.4, 0.5) is 5.69 Å². The molecule has 4 aromatic rings. The van der Waals surface area contributed by atoms with Crippen molar-refractivity contribution in [3.8, 4) is 17.2 Å². The summed E-state index contributed by atoms with van der Waals surface area (Å²) in [5, 5.41) is 3.63. The number of nitrogens with one attached hydrogen (secondary N) is 1. The van der Waals surface area contributed by atoms with Crippen molar-refractivity contribution in [3.63, 3.8) is 0 Å². The van der Waals surface area contributed by atoms with Gasteiger partial charge in [0.05, 0.1) is 15.1 Å². The number of rotatable bonds is 5. The highest BCUT2D eigenvalue weighted by Crippen LogP contribution is 2.34. The number of benzene rings is 3. The minimum absolute atomic E-state index is 0.247. The number of ether oxygens (including phenoxy) is 1. The molecule has 8 heteroatoms. The molecule has 0 radical (unpaired) electrons. The van der Waals surface area contributed by atoms with Crippen molar-refractivity contribution in [3.05, 3.63) is 75.2 Å². The number of hydrogen-bond donors (Lipinski definition) is 1. The molecule has 0 saturated carbocycles. The first-order valence-electron chi connectivity index (χ1n) is 8.94. The molecule has 4 rings (SSSR count). The Hall–Kier alpha value is -2.73. The number of aromatic nitrogens is 1. The van der Waals surface area contributed by atoms with E-state index >= 15 is 0 Å². The van der Waals surface area contributed by atoms with Gasteiger partial charge in [0.15, 0.2) is 12.2 Å². The van der Waals surface area contributed by atoms with Gasteiger partial charge in [0, 0.05) is 17.3 Å². The summed E-state index contributed by atoms with van der Waals surface area (Å²) < 4.78 is 11.3. The number of aryl methyl sites for hydroxylation is 1. The van der Waals surface area contributed by atoms with Gasteiger partial charge in [-0.05, 0) is 42.8 Å². The number of anilines is 1. The number of carbonyl (C=O) groups excluding carboxylic acids is 1. The van der Waals surface area contributed by atoms with Gasteiger partial charge < -0.3 is 14.5 Å². The highest BCUT2D eigenvalue weighted by atomic mass is 35.5. The van der Waals surface area contributed by atoms with Crippen LogP contribution < -0.4 is 10.1 Å². The topological polar surface area (TPSA) is 64.4 Å². The summed E-state index contributed by atoms with van der Waals surface area (Å²) in [7, 11) is 0. The zero-order chi connectivity index (χ0) is 21.3. The summed E-state index contributed by atoms with van der Waals surface area (Å²) in [6.07, 6.45) is 0. The Morgan fingerprint density at radius 3 is 2.60 bits per heavy atom. The lowest BCUT2D eigenvalue weighted by Gasteiger charge is -2.09. The molecule has 30 heavy (non-hydrogen) atoms. The lowest BCUT2D eigenvalue weighted by Crippen LogP contribution is -2.20. The molecule has 0 unspecified atom stereocenters. The van der Waals surface area contributed by atoms with Crippen molar-refractivity contribution in [1.82, 2.24) is 4.98 Å². The van der Waals surface area contributed by atoms with Crippen LogP contribution in [0.2, 0.25) is 15.1 Å². The fraction of sp³-hybridized carbons (Fsp3) is 0.0909. The largest absolute Gasteiger partial charge is 0.482 e. The van der Waals surface area contributed by atoms with E-state index in [1.165, 1.54) is 12.1 Å². The predicted molar refractivity (Wildman–Crippen MR) is 120 cm³/mol. The Labute approximate surface area is 187 Å². The zero-order valence-electron chi connectivity index (χ0n) is 15.7. The molecular weight excluding hydrogens is 447 g/mol. The third-order valence-electron chi connectivity index (χ3n) is 4.38. The summed E-state index contributed by atoms with van der Waals surface area (Å²) >= 11 is 17.9. The van der Waals surface area contributed by atoms with Crippen molar-refractivity contribution >= 4 is 57.5 Å². The van der Waals surface area contributed by atoms with E-state index in [0.29, 0.717) is 27.7 Å². The van der Waals surface area contributed by atoms with Gasteiger partial charge in [-0.25, -0.2) is 4.98 Å². The van der Waals surface area contributed by atoms with Gasteiger partial charge in [-0.2, -0.15) is 0 Å². The van der Waals surface area contributed by atoms with Gasteiger partial charge in [0.2, 0.25) is 5.89 Å². The maximum Gasteiger partial charge on any atom is 0.262 e. The minimum Gasteiger partial charge on any atom is -0.482 e. The van der Waals surface area contributed by atoms with Crippen LogP contribution in [0.15, 0.2) is 59.0 Å². The maximum atomic E-state index is 12.3. The van der Waals surface area contributed by atoms with E-state index in [1.54, 1.807) is 18.2 Å². The molecule has 1 N–H and O–H groups in total. The van der Waals surface area contributed by atoms with Crippen LogP contribution in [-0.4, -0.2) is 17.5 Å². The van der Waals surface area contributed by atoms with E-state index in [4.69, 9.17) is 44.0 Å². The van der Waals surface area contributed by atoms with Crippen LogP contribution in [0.3, 0.4) is 0 Å². The molecule has 1 aromatic heterocycles. The van der Waals surface area contributed by atoms with E-state index in [2.05, 4.69) is 10.3 Å². The molecule has 0 bridgehead atoms. The van der Waals surface area contributed by atoms with Crippen molar-refractivity contribution in [2.24, 2.45) is 0 Å². The molecule has 0 aliphatic heterocycles. The lowest BCUT2D eigenvalue weighted by atomic mass is 10.1. The molecule has 0 aliphatic carbocycles. The number of oxazole rings is 1. The Kier molecular flexibility index (Phi) is 5.86. The fourth-order valence-electron chi connectivity index (χ4n) is 2.89. The van der Waals surface area contributed by atoms with Gasteiger partial charge in [-0.3, -0.25) is 4.79 Å². The predicted octanol–water partition coefficient (Wildman–Crippen LogP) is 6.78. The highest BCUT2D eigenvalue weighted by molar-refractivity contribution is 6.43. The molecule has 1 amide bonds. The Bertz CT molecular complexity index is 1250. The molecule has 0 atom stereocenters. The summed E-state index contributed by atoms with van der Waals surface area (Å²) in [6.45, 7) is 1.75. The van der Waals surface area contributed by atoms with Crippen molar-refractivity contribution in [1.29, 1.82) is 0 Å². The monoisotopic (exact) mass is 460 g/mol. The first kappa shape index (κ1) is 20.5. The summed E-state index contributed by atoms with van der Waals surface area (Å²) in [5.74, 6) is 0.444. The molecule has 1 heterocycles. The second-order valence-corrected chi connectivity index (χ2v) is 7.77. The van der Waals surface area contributed by atoms with Gasteiger partial charge in [-0.15, -0.1) is 0 Å². The average Bonchev–Trinajstić information content (AvgIpc) is 3.13. The van der Waals surface area contributed by atoms with Crippen LogP contribution in [0.25, 0.3) is 22.6 Å². The van der Waals surface area contributed by atoms with Gasteiger partial charge in [0.1, 0.15) is 11.3 Å². The van der Waals surface area contributed by atoms with Crippen LogP contribution in [-0.2, 0) is 4.79 Å². The molecule has 152 valence electrons. The zero-order valence-corrected chi connectivity index (χ0v) is 18.0. The Morgan fingerprint density at radius 2 is 1.80 bits per heavy atom. The molecule has 0 fully saturated rings. The van der Waals surface area contributed by atoms with E-state index in [9.17, 15) is 4.79 Å². The molecule has 5 nitrogen and oxygen atoms in total. The quantitative estimate of drug-likeness (QED) is 0.333. The van der Waals surface area contributed by atoms with E-state index in [1.807, 2.05) is 31.2 Å². The third kappa shape index (κ3) is 4.38. The first-order valence-corrected chi connectivity index (χ1v) is 10.1. The van der Waals surface area contributed by atoms with Crippen LogP contribution in [0.1, 0.15) is 5.56 Å². The van der Waals surface area contributed by atoms with E-state index < -0.39 is 0 Å². The van der Waals surface area contributed by atoms with E-state index in [-0.39, 0.29) is 28.3 Å². The number of fused-ring (bicyclic) bond motifs is 1. The van der Waals surface area contributed by atoms with Crippen molar-refractivity contribution < 1.29 is 13.9 Å². The van der Waals surface area contributed by atoms with Gasteiger partial charge in [-0.1, -0.05) is 53.0 Å². The number of carbonyl (C=O) groups is 1. The number of amides is 1. The minimum atomic E-state index is -0.362. The molecule has 0 spiro atoms. The van der Waals surface area contributed by atoms with Crippen LogP contribution in [0.5, 0.6) is 5.75 Å². The summed E-state index contributed by atoms with van der Waals surface area (Å²) in [4.78, 5) is 16.8. The summed E-state index contributed by atoms with van der Waals surface area (Å²) in [5.41, 5.74) is 3.83. The van der Waals surface area contributed by atoms with Crippen LogP contribution >= 0.6 is 34.8 Å². The van der Waals surface area contributed by atoms with Crippen molar-refractivity contribution in [2.45, 2.75) is 6.92 Å². The molecule has 0 saturated heterocycles. The normalized spacial score (nSPS) is 10.9. The van der Waals surface area contributed by atoms with Crippen LogP contribution in [0, 0.1) is 6.92 Å². The van der Waals surface area contributed by atoms with E-state index in [0.717, 1.165) is 11.1 Å². The Balaban J connectivity index is 1.47. The van der Waals surface area contributed by atoms with Gasteiger partial charge >= 0.3 is 0 Å². The second kappa shape index (κ2) is 8.56. The standard InChI is InChI=1S/C22H15Cl3N2O3/c1-12-4-2-3-5-14(12)22-27-18-8-13(6-7-19(18)30-22)26-21(28)11-29-20-10-16(24)15(23)9-17(20)25/h2-10H,11H2,1H3,(H,26,28). The molecule has 0 aliphatic rings. The summed E-state index contributed by atoms with van der Waals surface area (Å²) in [6, 6.07) is 16.0. The Morgan fingerprint density at radius 1 is 1.03 bits per heavy atom. The third-order valence-corrected chi connectivity index (χ3v) is 5.40. The number of nitrogens with zero attached hydrogens (tertiary/aromatic N) is 1. The second-order valence-electron chi connectivity index (χ2n) is 6.55. The van der Waals surface area contributed by atoms with Crippen molar-refractivity contribution in [2.75, 3.05) is 11.9 Å².